The van der Waals surface area contributed by atoms with Gasteiger partial charge in [-0.3, -0.25) is 0 Å². The van der Waals surface area contributed by atoms with Crippen molar-refractivity contribution in [2.24, 2.45) is 0 Å². The van der Waals surface area contributed by atoms with Gasteiger partial charge in [0.25, 0.3) is 0 Å². The summed E-state index contributed by atoms with van der Waals surface area (Å²) in [5.74, 6) is 0.297. The van der Waals surface area contributed by atoms with Crippen LogP contribution in [0.3, 0.4) is 0 Å². The van der Waals surface area contributed by atoms with Crippen molar-refractivity contribution in [3.63, 3.8) is 0 Å². The Kier molecular flexibility index (Phi) is 2.95. The third-order valence-corrected chi connectivity index (χ3v) is 2.13. The molecule has 0 fully saturated rings. The highest BCUT2D eigenvalue weighted by molar-refractivity contribution is 6.31. The van der Waals surface area contributed by atoms with Gasteiger partial charge >= 0.3 is 0 Å². The lowest BCUT2D eigenvalue weighted by Crippen LogP contribution is -2.05. The Balaban J connectivity index is 3.05. The van der Waals surface area contributed by atoms with Crippen LogP contribution in [0.5, 0.6) is 5.75 Å². The maximum atomic E-state index is 9.45. The van der Waals surface area contributed by atoms with E-state index in [9.17, 15) is 5.11 Å². The van der Waals surface area contributed by atoms with Gasteiger partial charge in [-0.1, -0.05) is 11.6 Å². The van der Waals surface area contributed by atoms with Crippen molar-refractivity contribution in [1.29, 1.82) is 0 Å². The van der Waals surface area contributed by atoms with E-state index < -0.39 is 0 Å². The molecule has 1 aromatic rings. The van der Waals surface area contributed by atoms with Gasteiger partial charge in [0.2, 0.25) is 0 Å². The highest BCUT2D eigenvalue weighted by Gasteiger charge is 2.03. The molecular formula is C9H12ClNO. The van der Waals surface area contributed by atoms with Crippen LogP contribution in [0.15, 0.2) is 12.1 Å². The Morgan fingerprint density at radius 3 is 2.75 bits per heavy atom. The van der Waals surface area contributed by atoms with Crippen LogP contribution >= 0.6 is 11.6 Å². The lowest BCUT2D eigenvalue weighted by molar-refractivity contribution is 0.465. The maximum Gasteiger partial charge on any atom is 0.120 e. The molecule has 0 aliphatic carbocycles. The molecule has 0 aliphatic heterocycles. The van der Waals surface area contributed by atoms with Crippen molar-refractivity contribution in [2.45, 2.75) is 13.5 Å². The zero-order valence-corrected chi connectivity index (χ0v) is 7.94. The Hall–Kier alpha value is -0.730. The van der Waals surface area contributed by atoms with Crippen molar-refractivity contribution < 1.29 is 5.11 Å². The summed E-state index contributed by atoms with van der Waals surface area (Å²) in [6, 6.07) is 3.46. The molecule has 2 nitrogen and oxygen atoms in total. The molecule has 66 valence electrons. The Morgan fingerprint density at radius 2 is 2.17 bits per heavy atom. The van der Waals surface area contributed by atoms with Crippen molar-refractivity contribution in [1.82, 2.24) is 5.32 Å². The van der Waals surface area contributed by atoms with E-state index in [-0.39, 0.29) is 0 Å². The fraction of sp³-hybridized carbons (Fsp3) is 0.333. The molecule has 0 atom stereocenters. The number of benzene rings is 1. The largest absolute Gasteiger partial charge is 0.508 e. The van der Waals surface area contributed by atoms with E-state index in [4.69, 9.17) is 11.6 Å². The normalized spacial score (nSPS) is 10.2. The third-order valence-electron chi connectivity index (χ3n) is 1.73. The predicted molar refractivity (Wildman–Crippen MR) is 50.6 cm³/mol. The molecule has 2 N–H and O–H groups in total. The fourth-order valence-electron chi connectivity index (χ4n) is 1.04. The molecule has 0 amide bonds. The Bertz CT molecular complexity index is 286. The molecule has 3 heteroatoms. The van der Waals surface area contributed by atoms with Gasteiger partial charge in [0.05, 0.1) is 0 Å². The summed E-state index contributed by atoms with van der Waals surface area (Å²) in [7, 11) is 1.83. The molecule has 0 aromatic heterocycles. The van der Waals surface area contributed by atoms with Gasteiger partial charge in [0, 0.05) is 17.1 Å². The molecule has 0 bridgehead atoms. The average molecular weight is 186 g/mol. The first-order valence-corrected chi connectivity index (χ1v) is 4.15. The van der Waals surface area contributed by atoms with E-state index in [0.717, 1.165) is 11.1 Å². The van der Waals surface area contributed by atoms with Crippen molar-refractivity contribution in [3.8, 4) is 5.75 Å². The molecule has 0 saturated carbocycles. The standard InChI is InChI=1S/C9H12ClNO/c1-6-3-9(12)7(5-11-2)4-8(6)10/h3-4,11-12H,5H2,1-2H3. The molecule has 0 spiro atoms. The van der Waals surface area contributed by atoms with Crippen LogP contribution in [-0.4, -0.2) is 12.2 Å². The van der Waals surface area contributed by atoms with Gasteiger partial charge in [0.15, 0.2) is 0 Å². The minimum absolute atomic E-state index is 0.297. The first-order valence-electron chi connectivity index (χ1n) is 3.77. The summed E-state index contributed by atoms with van der Waals surface area (Å²) in [6.07, 6.45) is 0. The molecular weight excluding hydrogens is 174 g/mol. The molecule has 0 saturated heterocycles. The number of aromatic hydroxyl groups is 1. The topological polar surface area (TPSA) is 32.3 Å². The van der Waals surface area contributed by atoms with Crippen molar-refractivity contribution in [3.05, 3.63) is 28.3 Å². The lowest BCUT2D eigenvalue weighted by Gasteiger charge is -2.06. The van der Waals surface area contributed by atoms with Crippen molar-refractivity contribution >= 4 is 11.6 Å². The third kappa shape index (κ3) is 1.90. The van der Waals surface area contributed by atoms with E-state index >= 15 is 0 Å². The van der Waals surface area contributed by atoms with Gasteiger partial charge in [-0.05, 0) is 31.7 Å². The number of aryl methyl sites for hydroxylation is 1. The second-order valence-electron chi connectivity index (χ2n) is 2.76. The molecule has 0 unspecified atom stereocenters. The first kappa shape index (κ1) is 9.36. The van der Waals surface area contributed by atoms with E-state index in [1.54, 1.807) is 12.1 Å². The van der Waals surface area contributed by atoms with Gasteiger partial charge in [-0.15, -0.1) is 0 Å². The zero-order chi connectivity index (χ0) is 9.14. The highest BCUT2D eigenvalue weighted by atomic mass is 35.5. The minimum Gasteiger partial charge on any atom is -0.508 e. The highest BCUT2D eigenvalue weighted by Crippen LogP contribution is 2.25. The smallest absolute Gasteiger partial charge is 0.120 e. The number of phenols is 1. The first-order chi connectivity index (χ1) is 5.65. The van der Waals surface area contributed by atoms with E-state index in [2.05, 4.69) is 5.32 Å². The fourth-order valence-corrected chi connectivity index (χ4v) is 1.23. The van der Waals surface area contributed by atoms with Crippen LogP contribution in [-0.2, 0) is 6.54 Å². The second kappa shape index (κ2) is 3.78. The Labute approximate surface area is 77.2 Å². The summed E-state index contributed by atoms with van der Waals surface area (Å²) in [6.45, 7) is 2.50. The lowest BCUT2D eigenvalue weighted by atomic mass is 10.1. The van der Waals surface area contributed by atoms with Gasteiger partial charge in [-0.2, -0.15) is 0 Å². The van der Waals surface area contributed by atoms with E-state index in [1.807, 2.05) is 14.0 Å². The van der Waals surface area contributed by atoms with E-state index in [1.165, 1.54) is 0 Å². The predicted octanol–water partition coefficient (Wildman–Crippen LogP) is 2.07. The van der Waals surface area contributed by atoms with Crippen LogP contribution in [0.4, 0.5) is 0 Å². The summed E-state index contributed by atoms with van der Waals surface area (Å²) in [5, 5.41) is 13.1. The zero-order valence-electron chi connectivity index (χ0n) is 7.19. The molecule has 1 rings (SSSR count). The van der Waals surface area contributed by atoms with Gasteiger partial charge < -0.3 is 10.4 Å². The minimum atomic E-state index is 0.297. The molecule has 1 aromatic carbocycles. The molecule has 12 heavy (non-hydrogen) atoms. The van der Waals surface area contributed by atoms with Crippen LogP contribution < -0.4 is 5.32 Å². The summed E-state index contributed by atoms with van der Waals surface area (Å²) < 4.78 is 0. The molecule has 0 aliphatic rings. The van der Waals surface area contributed by atoms with Crippen LogP contribution in [0.2, 0.25) is 5.02 Å². The summed E-state index contributed by atoms with van der Waals surface area (Å²) >= 11 is 5.88. The monoisotopic (exact) mass is 185 g/mol. The Morgan fingerprint density at radius 1 is 1.50 bits per heavy atom. The number of nitrogens with one attached hydrogen (secondary N) is 1. The number of hydrogen-bond acceptors (Lipinski definition) is 2. The number of hydrogen-bond donors (Lipinski definition) is 2. The summed E-state index contributed by atoms with van der Waals surface area (Å²) in [4.78, 5) is 0. The number of phenolic OH excluding ortho intramolecular Hbond substituents is 1. The van der Waals surface area contributed by atoms with Crippen molar-refractivity contribution in [2.75, 3.05) is 7.05 Å². The van der Waals surface area contributed by atoms with Crippen LogP contribution in [0, 0.1) is 6.92 Å². The molecule has 0 radical (unpaired) electrons. The second-order valence-corrected chi connectivity index (χ2v) is 3.17. The van der Waals surface area contributed by atoms with Crippen LogP contribution in [0.1, 0.15) is 11.1 Å². The molecule has 0 heterocycles. The number of halogens is 1. The van der Waals surface area contributed by atoms with Crippen LogP contribution in [0.25, 0.3) is 0 Å². The number of rotatable bonds is 2. The maximum absolute atomic E-state index is 9.45. The van der Waals surface area contributed by atoms with Gasteiger partial charge in [-0.25, -0.2) is 0 Å². The van der Waals surface area contributed by atoms with E-state index in [0.29, 0.717) is 17.3 Å². The quantitative estimate of drug-likeness (QED) is 0.740. The average Bonchev–Trinajstić information content (AvgIpc) is 2.01. The summed E-state index contributed by atoms with van der Waals surface area (Å²) in [5.41, 5.74) is 1.72. The van der Waals surface area contributed by atoms with Gasteiger partial charge in [0.1, 0.15) is 5.75 Å². The SMILES string of the molecule is CNCc1cc(Cl)c(C)cc1O.